The van der Waals surface area contributed by atoms with Crippen LogP contribution in [0, 0.1) is 5.82 Å². The molecular formula is C20H20FN5O2. The molecule has 1 aliphatic carbocycles. The Morgan fingerprint density at radius 1 is 1.29 bits per heavy atom. The number of benzene rings is 1. The number of aromatic amines is 1. The van der Waals surface area contributed by atoms with Gasteiger partial charge in [0.15, 0.2) is 5.69 Å². The van der Waals surface area contributed by atoms with Crippen LogP contribution in [-0.4, -0.2) is 32.5 Å². The Morgan fingerprint density at radius 2 is 2.14 bits per heavy atom. The molecule has 0 saturated carbocycles. The fourth-order valence-corrected chi connectivity index (χ4v) is 4.03. The molecule has 144 valence electrons. The number of hydrogen-bond donors (Lipinski definition) is 2. The second-order valence-corrected chi connectivity index (χ2v) is 7.19. The third kappa shape index (κ3) is 2.80. The van der Waals surface area contributed by atoms with Crippen LogP contribution in [0.4, 0.5) is 4.39 Å². The van der Waals surface area contributed by atoms with E-state index in [1.54, 1.807) is 29.1 Å². The van der Waals surface area contributed by atoms with Gasteiger partial charge >= 0.3 is 0 Å². The number of nitrogens with zero attached hydrogens (tertiary/aromatic N) is 3. The Labute approximate surface area is 160 Å². The second kappa shape index (κ2) is 6.87. The van der Waals surface area contributed by atoms with E-state index in [4.69, 9.17) is 4.74 Å². The van der Waals surface area contributed by atoms with Gasteiger partial charge in [-0.25, -0.2) is 9.07 Å². The van der Waals surface area contributed by atoms with Gasteiger partial charge in [0.1, 0.15) is 11.5 Å². The zero-order valence-corrected chi connectivity index (χ0v) is 15.2. The molecule has 2 aliphatic rings. The van der Waals surface area contributed by atoms with Gasteiger partial charge < -0.3 is 10.1 Å². The molecule has 0 bridgehead atoms. The van der Waals surface area contributed by atoms with Crippen molar-refractivity contribution in [3.8, 4) is 5.69 Å². The van der Waals surface area contributed by atoms with Crippen LogP contribution in [-0.2, 0) is 24.2 Å². The number of halogens is 1. The first kappa shape index (κ1) is 17.1. The molecule has 0 unspecified atom stereocenters. The predicted octanol–water partition coefficient (Wildman–Crippen LogP) is 2.61. The molecule has 1 aliphatic heterocycles. The summed E-state index contributed by atoms with van der Waals surface area (Å²) in [4.78, 5) is 12.9. The highest BCUT2D eigenvalue weighted by molar-refractivity contribution is 5.94. The Hall–Kier alpha value is -3.00. The number of ether oxygens (including phenoxy) is 1. The van der Waals surface area contributed by atoms with Gasteiger partial charge in [-0.1, -0.05) is 12.1 Å². The van der Waals surface area contributed by atoms with Crippen molar-refractivity contribution in [3.63, 3.8) is 0 Å². The van der Waals surface area contributed by atoms with Crippen LogP contribution in [0.25, 0.3) is 5.69 Å². The highest BCUT2D eigenvalue weighted by Crippen LogP contribution is 2.28. The quantitative estimate of drug-likeness (QED) is 0.730. The summed E-state index contributed by atoms with van der Waals surface area (Å²) in [5, 5.41) is 14.6. The topological polar surface area (TPSA) is 84.8 Å². The summed E-state index contributed by atoms with van der Waals surface area (Å²) in [5.74, 6) is -0.581. The predicted molar refractivity (Wildman–Crippen MR) is 98.6 cm³/mol. The molecule has 2 N–H and O–H groups in total. The Balaban J connectivity index is 1.42. The summed E-state index contributed by atoms with van der Waals surface area (Å²) in [6.45, 7) is 0.655. The average molecular weight is 381 g/mol. The van der Waals surface area contributed by atoms with Crippen molar-refractivity contribution in [3.05, 3.63) is 64.5 Å². The number of H-pyrrole nitrogens is 1. The van der Waals surface area contributed by atoms with Crippen molar-refractivity contribution in [1.29, 1.82) is 0 Å². The van der Waals surface area contributed by atoms with Crippen LogP contribution in [0.1, 0.15) is 51.9 Å². The normalized spacial score (nSPS) is 18.4. The molecule has 0 fully saturated rings. The lowest BCUT2D eigenvalue weighted by atomic mass is 9.95. The van der Waals surface area contributed by atoms with Gasteiger partial charge in [0.25, 0.3) is 5.91 Å². The summed E-state index contributed by atoms with van der Waals surface area (Å²) in [6.07, 6.45) is 5.66. The van der Waals surface area contributed by atoms with Crippen LogP contribution < -0.4 is 5.32 Å². The van der Waals surface area contributed by atoms with E-state index in [1.807, 2.05) is 0 Å². The van der Waals surface area contributed by atoms with Crippen molar-refractivity contribution >= 4 is 5.91 Å². The molecule has 0 spiro atoms. The van der Waals surface area contributed by atoms with E-state index in [0.717, 1.165) is 48.2 Å². The second-order valence-electron chi connectivity index (χ2n) is 7.19. The summed E-state index contributed by atoms with van der Waals surface area (Å²) in [6, 6.07) is 6.11. The van der Waals surface area contributed by atoms with Gasteiger partial charge in [-0.3, -0.25) is 9.89 Å². The monoisotopic (exact) mass is 381 g/mol. The molecule has 2 aromatic heterocycles. The van der Waals surface area contributed by atoms with Gasteiger partial charge in [-0.15, -0.1) is 0 Å². The van der Waals surface area contributed by atoms with Crippen molar-refractivity contribution in [1.82, 2.24) is 25.3 Å². The number of carbonyl (C=O) groups is 1. The van der Waals surface area contributed by atoms with Crippen LogP contribution in [0.15, 0.2) is 30.5 Å². The molecule has 3 heterocycles. The van der Waals surface area contributed by atoms with Gasteiger partial charge in [-0.05, 0) is 37.8 Å². The third-order valence-corrected chi connectivity index (χ3v) is 5.46. The Bertz CT molecular complexity index is 1040. The zero-order chi connectivity index (χ0) is 19.1. The van der Waals surface area contributed by atoms with Crippen molar-refractivity contribution < 1.29 is 13.9 Å². The lowest BCUT2D eigenvalue weighted by Gasteiger charge is -2.24. The van der Waals surface area contributed by atoms with Crippen molar-refractivity contribution in [2.45, 2.75) is 38.3 Å². The molecule has 0 saturated heterocycles. The number of hydrogen-bond acceptors (Lipinski definition) is 4. The minimum atomic E-state index is -0.359. The van der Waals surface area contributed by atoms with Gasteiger partial charge in [0.05, 0.1) is 31.1 Å². The Morgan fingerprint density at radius 3 is 3.04 bits per heavy atom. The first-order valence-corrected chi connectivity index (χ1v) is 9.49. The van der Waals surface area contributed by atoms with E-state index in [0.29, 0.717) is 24.6 Å². The van der Waals surface area contributed by atoms with E-state index < -0.39 is 0 Å². The number of amides is 1. The number of fused-ring (bicyclic) bond motifs is 2. The Kier molecular flexibility index (Phi) is 4.20. The summed E-state index contributed by atoms with van der Waals surface area (Å²) >= 11 is 0. The molecule has 3 aromatic rings. The van der Waals surface area contributed by atoms with Crippen molar-refractivity contribution in [2.75, 3.05) is 6.61 Å². The maximum atomic E-state index is 14.2. The molecule has 1 aromatic carbocycles. The molecule has 1 amide bonds. The molecule has 0 radical (unpaired) electrons. The fourth-order valence-electron chi connectivity index (χ4n) is 4.03. The van der Waals surface area contributed by atoms with Gasteiger partial charge in [-0.2, -0.15) is 10.2 Å². The number of para-hydroxylation sites is 1. The standard InChI is InChI=1S/C20H20FN5O2/c21-14-6-2-4-8-17(14)26-18-11-28-10-16(13(18)9-22-26)23-20(27)19-12-5-1-3-7-15(12)24-25-19/h2,4,6,8-9,16H,1,3,5,7,10-11H2,(H,23,27)(H,24,25)/t16-/m1/s1. The minimum absolute atomic E-state index is 0.223. The van der Waals surface area contributed by atoms with Crippen LogP contribution in [0.5, 0.6) is 0 Å². The molecule has 1 atom stereocenters. The van der Waals surface area contributed by atoms with Gasteiger partial charge in [0, 0.05) is 16.8 Å². The van der Waals surface area contributed by atoms with E-state index in [2.05, 4.69) is 20.6 Å². The van der Waals surface area contributed by atoms with E-state index in [9.17, 15) is 9.18 Å². The van der Waals surface area contributed by atoms with E-state index >= 15 is 0 Å². The average Bonchev–Trinajstić information content (AvgIpc) is 3.33. The highest BCUT2D eigenvalue weighted by atomic mass is 19.1. The van der Waals surface area contributed by atoms with Crippen LogP contribution >= 0.6 is 0 Å². The number of aryl methyl sites for hydroxylation is 1. The number of nitrogens with one attached hydrogen (secondary N) is 2. The third-order valence-electron chi connectivity index (χ3n) is 5.46. The molecule has 5 rings (SSSR count). The molecule has 7 nitrogen and oxygen atoms in total. The molecular weight excluding hydrogens is 361 g/mol. The SMILES string of the molecule is O=C(N[C@@H]1COCc2c1cnn2-c1ccccc1F)c1n[nH]c2c1CCCC2. The van der Waals surface area contributed by atoms with Gasteiger partial charge in [0.2, 0.25) is 0 Å². The largest absolute Gasteiger partial charge is 0.373 e. The summed E-state index contributed by atoms with van der Waals surface area (Å²) in [7, 11) is 0. The van der Waals surface area contributed by atoms with E-state index in [1.165, 1.54) is 6.07 Å². The van der Waals surface area contributed by atoms with E-state index in [-0.39, 0.29) is 17.8 Å². The highest BCUT2D eigenvalue weighted by Gasteiger charge is 2.29. The molecule has 28 heavy (non-hydrogen) atoms. The summed E-state index contributed by atoms with van der Waals surface area (Å²) < 4.78 is 21.4. The maximum absolute atomic E-state index is 14.2. The number of carbonyl (C=O) groups excluding carboxylic acids is 1. The lowest BCUT2D eigenvalue weighted by molar-refractivity contribution is 0.0683. The lowest BCUT2D eigenvalue weighted by Crippen LogP contribution is -2.35. The van der Waals surface area contributed by atoms with Crippen LogP contribution in [0.2, 0.25) is 0 Å². The molecule has 8 heteroatoms. The number of aromatic nitrogens is 4. The first-order chi connectivity index (χ1) is 13.7. The minimum Gasteiger partial charge on any atom is -0.373 e. The fraction of sp³-hybridized carbons (Fsp3) is 0.350. The zero-order valence-electron chi connectivity index (χ0n) is 15.2. The smallest absolute Gasteiger partial charge is 0.272 e. The van der Waals surface area contributed by atoms with Crippen molar-refractivity contribution in [2.24, 2.45) is 0 Å². The first-order valence-electron chi connectivity index (χ1n) is 9.49. The number of rotatable bonds is 3. The summed E-state index contributed by atoms with van der Waals surface area (Å²) in [5.41, 5.74) is 4.48. The van der Waals surface area contributed by atoms with Crippen LogP contribution in [0.3, 0.4) is 0 Å². The maximum Gasteiger partial charge on any atom is 0.272 e.